The standard InChI is InChI=1S/C7H4BrFO3/c8-4-2-1-3(7(11)12)6(10)5(4)9/h1-2,10H,(H,11,12). The number of phenols is 1. The van der Waals surface area contributed by atoms with E-state index in [4.69, 9.17) is 10.2 Å². The van der Waals surface area contributed by atoms with Gasteiger partial charge in [0.1, 0.15) is 5.56 Å². The van der Waals surface area contributed by atoms with Crippen molar-refractivity contribution >= 4 is 21.9 Å². The Kier molecular flexibility index (Phi) is 2.32. The Morgan fingerprint density at radius 3 is 2.58 bits per heavy atom. The van der Waals surface area contributed by atoms with Crippen molar-refractivity contribution in [1.82, 2.24) is 0 Å². The van der Waals surface area contributed by atoms with Crippen molar-refractivity contribution in [3.8, 4) is 5.75 Å². The van der Waals surface area contributed by atoms with Crippen molar-refractivity contribution in [1.29, 1.82) is 0 Å². The summed E-state index contributed by atoms with van der Waals surface area (Å²) < 4.78 is 12.8. The summed E-state index contributed by atoms with van der Waals surface area (Å²) in [6.07, 6.45) is 0. The molecule has 12 heavy (non-hydrogen) atoms. The van der Waals surface area contributed by atoms with Gasteiger partial charge in [0.15, 0.2) is 11.6 Å². The molecular weight excluding hydrogens is 231 g/mol. The molecule has 0 aliphatic carbocycles. The molecular formula is C7H4BrFO3. The third kappa shape index (κ3) is 1.40. The lowest BCUT2D eigenvalue weighted by Gasteiger charge is -2.01. The largest absolute Gasteiger partial charge is 0.504 e. The fraction of sp³-hybridized carbons (Fsp3) is 0. The van der Waals surface area contributed by atoms with Crippen LogP contribution < -0.4 is 0 Å². The average molecular weight is 235 g/mol. The molecule has 0 aliphatic rings. The molecule has 1 rings (SSSR count). The third-order valence-corrected chi connectivity index (χ3v) is 1.91. The van der Waals surface area contributed by atoms with Crippen LogP contribution in [0.1, 0.15) is 10.4 Å². The number of benzene rings is 1. The number of rotatable bonds is 1. The number of carboxylic acid groups (broad SMARTS) is 1. The van der Waals surface area contributed by atoms with Crippen molar-refractivity contribution in [2.45, 2.75) is 0 Å². The smallest absolute Gasteiger partial charge is 0.339 e. The molecule has 1 aromatic rings. The van der Waals surface area contributed by atoms with Crippen LogP contribution >= 0.6 is 15.9 Å². The summed E-state index contributed by atoms with van der Waals surface area (Å²) in [4.78, 5) is 10.3. The van der Waals surface area contributed by atoms with Gasteiger partial charge in [-0.15, -0.1) is 0 Å². The highest BCUT2D eigenvalue weighted by Crippen LogP contribution is 2.27. The Hall–Kier alpha value is -1.10. The van der Waals surface area contributed by atoms with Gasteiger partial charge in [-0.2, -0.15) is 0 Å². The number of hydrogen-bond acceptors (Lipinski definition) is 2. The van der Waals surface area contributed by atoms with E-state index in [1.54, 1.807) is 0 Å². The number of aromatic carboxylic acids is 1. The highest BCUT2D eigenvalue weighted by Gasteiger charge is 2.15. The van der Waals surface area contributed by atoms with Crippen LogP contribution in [0.2, 0.25) is 0 Å². The van der Waals surface area contributed by atoms with Gasteiger partial charge in [0, 0.05) is 0 Å². The second kappa shape index (κ2) is 3.10. The maximum atomic E-state index is 12.8. The van der Waals surface area contributed by atoms with Crippen molar-refractivity contribution < 1.29 is 19.4 Å². The minimum atomic E-state index is -1.36. The van der Waals surface area contributed by atoms with Crippen LogP contribution in [0.5, 0.6) is 5.75 Å². The lowest BCUT2D eigenvalue weighted by molar-refractivity contribution is 0.0692. The molecule has 2 N–H and O–H groups in total. The molecule has 0 bridgehead atoms. The summed E-state index contributed by atoms with van der Waals surface area (Å²) in [5, 5.41) is 17.4. The van der Waals surface area contributed by atoms with Crippen LogP contribution in [-0.4, -0.2) is 16.2 Å². The number of hydrogen-bond donors (Lipinski definition) is 2. The molecule has 0 fully saturated rings. The Balaban J connectivity index is 3.36. The molecule has 0 heterocycles. The fourth-order valence-electron chi connectivity index (χ4n) is 0.713. The predicted molar refractivity (Wildman–Crippen MR) is 42.7 cm³/mol. The van der Waals surface area contributed by atoms with E-state index in [0.717, 1.165) is 6.07 Å². The first-order valence-electron chi connectivity index (χ1n) is 2.94. The third-order valence-electron chi connectivity index (χ3n) is 1.30. The Labute approximate surface area is 75.6 Å². The van der Waals surface area contributed by atoms with Crippen LogP contribution in [0, 0.1) is 5.82 Å². The van der Waals surface area contributed by atoms with Crippen molar-refractivity contribution in [3.05, 3.63) is 28.0 Å². The zero-order valence-corrected chi connectivity index (χ0v) is 7.30. The molecule has 0 aliphatic heterocycles. The van der Waals surface area contributed by atoms with Crippen molar-refractivity contribution in [2.75, 3.05) is 0 Å². The highest BCUT2D eigenvalue weighted by atomic mass is 79.9. The number of carboxylic acids is 1. The average Bonchev–Trinajstić information content (AvgIpc) is 2.00. The lowest BCUT2D eigenvalue weighted by atomic mass is 10.2. The monoisotopic (exact) mass is 234 g/mol. The van der Waals surface area contributed by atoms with Gasteiger partial charge in [-0.1, -0.05) is 0 Å². The van der Waals surface area contributed by atoms with Crippen LogP contribution in [0.15, 0.2) is 16.6 Å². The van der Waals surface area contributed by atoms with Crippen LogP contribution in [-0.2, 0) is 0 Å². The molecule has 0 aromatic heterocycles. The van der Waals surface area contributed by atoms with E-state index in [1.165, 1.54) is 6.07 Å². The number of halogens is 2. The summed E-state index contributed by atoms with van der Waals surface area (Å²) in [5.74, 6) is -3.18. The summed E-state index contributed by atoms with van der Waals surface area (Å²) >= 11 is 2.80. The summed E-state index contributed by atoms with van der Waals surface area (Å²) in [6.45, 7) is 0. The summed E-state index contributed by atoms with van der Waals surface area (Å²) in [7, 11) is 0. The summed E-state index contributed by atoms with van der Waals surface area (Å²) in [5.41, 5.74) is -0.448. The topological polar surface area (TPSA) is 57.5 Å². The Morgan fingerprint density at radius 2 is 2.08 bits per heavy atom. The van der Waals surface area contributed by atoms with E-state index in [1.807, 2.05) is 0 Å². The minimum absolute atomic E-state index is 0.0324. The van der Waals surface area contributed by atoms with E-state index in [-0.39, 0.29) is 4.47 Å². The first-order valence-corrected chi connectivity index (χ1v) is 3.73. The van der Waals surface area contributed by atoms with E-state index in [2.05, 4.69) is 15.9 Å². The molecule has 0 atom stereocenters. The van der Waals surface area contributed by atoms with E-state index < -0.39 is 23.1 Å². The molecule has 0 radical (unpaired) electrons. The lowest BCUT2D eigenvalue weighted by Crippen LogP contribution is -1.98. The molecule has 0 saturated carbocycles. The molecule has 0 saturated heterocycles. The minimum Gasteiger partial charge on any atom is -0.504 e. The van der Waals surface area contributed by atoms with Crippen LogP contribution in [0.3, 0.4) is 0 Å². The predicted octanol–water partition coefficient (Wildman–Crippen LogP) is 1.99. The van der Waals surface area contributed by atoms with E-state index >= 15 is 0 Å². The first kappa shape index (κ1) is 8.99. The number of aromatic hydroxyl groups is 1. The molecule has 0 amide bonds. The number of carbonyl (C=O) groups is 1. The van der Waals surface area contributed by atoms with Gasteiger partial charge in [-0.3, -0.25) is 0 Å². The van der Waals surface area contributed by atoms with Gasteiger partial charge in [-0.25, -0.2) is 9.18 Å². The molecule has 5 heteroatoms. The molecule has 64 valence electrons. The maximum Gasteiger partial charge on any atom is 0.339 e. The zero-order chi connectivity index (χ0) is 9.30. The molecule has 1 aromatic carbocycles. The summed E-state index contributed by atoms with van der Waals surface area (Å²) in [6, 6.07) is 2.34. The Bertz CT molecular complexity index is 338. The second-order valence-electron chi connectivity index (χ2n) is 2.06. The van der Waals surface area contributed by atoms with Gasteiger partial charge < -0.3 is 10.2 Å². The quantitative estimate of drug-likeness (QED) is 0.782. The fourth-order valence-corrected chi connectivity index (χ4v) is 1.03. The van der Waals surface area contributed by atoms with Gasteiger partial charge >= 0.3 is 5.97 Å². The SMILES string of the molecule is O=C(O)c1ccc(Br)c(F)c1O. The van der Waals surface area contributed by atoms with Crippen LogP contribution in [0.25, 0.3) is 0 Å². The molecule has 0 unspecified atom stereocenters. The van der Waals surface area contributed by atoms with Gasteiger partial charge in [0.25, 0.3) is 0 Å². The van der Waals surface area contributed by atoms with Crippen LogP contribution in [0.4, 0.5) is 4.39 Å². The van der Waals surface area contributed by atoms with Crippen molar-refractivity contribution in [3.63, 3.8) is 0 Å². The van der Waals surface area contributed by atoms with E-state index in [0.29, 0.717) is 0 Å². The highest BCUT2D eigenvalue weighted by molar-refractivity contribution is 9.10. The normalized spacial score (nSPS) is 9.83. The van der Waals surface area contributed by atoms with Gasteiger partial charge in [-0.05, 0) is 28.1 Å². The molecule has 0 spiro atoms. The zero-order valence-electron chi connectivity index (χ0n) is 5.71. The molecule has 3 nitrogen and oxygen atoms in total. The maximum absolute atomic E-state index is 12.8. The van der Waals surface area contributed by atoms with Gasteiger partial charge in [0.05, 0.1) is 4.47 Å². The van der Waals surface area contributed by atoms with E-state index in [9.17, 15) is 9.18 Å². The Morgan fingerprint density at radius 1 is 1.50 bits per heavy atom. The first-order chi connectivity index (χ1) is 5.54. The van der Waals surface area contributed by atoms with Crippen molar-refractivity contribution in [2.24, 2.45) is 0 Å². The van der Waals surface area contributed by atoms with Gasteiger partial charge in [0.2, 0.25) is 0 Å². The second-order valence-corrected chi connectivity index (χ2v) is 2.92.